The van der Waals surface area contributed by atoms with E-state index in [1.54, 1.807) is 47.0 Å². The van der Waals surface area contributed by atoms with Crippen LogP contribution >= 0.6 is 47.0 Å². The molecular formula is C31H54O14S4. The SMILES string of the molecule is CO[C@H]1O[C@H](COCCCSCCC(=O)O)[C@@H](OCCCSCCC(=O)O)[C@@H](OCCCSCCC(=O)O)[C@H]1OCCCSCCC(=O)O. The third kappa shape index (κ3) is 24.8. The maximum absolute atomic E-state index is 10.8. The summed E-state index contributed by atoms with van der Waals surface area (Å²) < 4.78 is 37.2. The van der Waals surface area contributed by atoms with E-state index in [9.17, 15) is 19.2 Å². The van der Waals surface area contributed by atoms with Gasteiger partial charge in [0.05, 0.1) is 32.3 Å². The largest absolute Gasteiger partial charge is 0.481 e. The molecule has 0 aromatic rings. The Hall–Kier alpha value is -0.960. The van der Waals surface area contributed by atoms with Gasteiger partial charge in [0.2, 0.25) is 0 Å². The minimum Gasteiger partial charge on any atom is -0.481 e. The van der Waals surface area contributed by atoms with Crippen molar-refractivity contribution in [2.45, 2.75) is 82.1 Å². The van der Waals surface area contributed by atoms with Crippen LogP contribution in [-0.2, 0) is 47.6 Å². The number of thioether (sulfide) groups is 4. The summed E-state index contributed by atoms with van der Waals surface area (Å²) in [5, 5.41) is 35.5. The zero-order chi connectivity index (χ0) is 36.1. The van der Waals surface area contributed by atoms with Crippen molar-refractivity contribution >= 4 is 70.9 Å². The molecule has 286 valence electrons. The summed E-state index contributed by atoms with van der Waals surface area (Å²) in [4.78, 5) is 43.2. The lowest BCUT2D eigenvalue weighted by Gasteiger charge is -2.45. The molecule has 0 radical (unpaired) electrons. The third-order valence-electron chi connectivity index (χ3n) is 6.75. The minimum absolute atomic E-state index is 0.0960. The van der Waals surface area contributed by atoms with Gasteiger partial charge in [-0.05, 0) is 48.7 Å². The minimum atomic E-state index is -0.831. The fraction of sp³-hybridized carbons (Fsp3) is 0.871. The molecule has 4 N–H and O–H groups in total. The van der Waals surface area contributed by atoms with E-state index in [1.807, 2.05) is 0 Å². The second-order valence-corrected chi connectivity index (χ2v) is 15.7. The topological polar surface area (TPSA) is 205 Å². The van der Waals surface area contributed by atoms with Crippen molar-refractivity contribution in [2.24, 2.45) is 0 Å². The van der Waals surface area contributed by atoms with Crippen LogP contribution in [0.25, 0.3) is 0 Å². The number of rotatable bonds is 34. The van der Waals surface area contributed by atoms with Gasteiger partial charge in [0.25, 0.3) is 0 Å². The second-order valence-electron chi connectivity index (χ2n) is 10.8. The van der Waals surface area contributed by atoms with Gasteiger partial charge >= 0.3 is 23.9 Å². The van der Waals surface area contributed by atoms with E-state index >= 15 is 0 Å². The number of hydrogen-bond donors (Lipinski definition) is 4. The van der Waals surface area contributed by atoms with Crippen LogP contribution in [0, 0.1) is 0 Å². The summed E-state index contributed by atoms with van der Waals surface area (Å²) in [5.74, 6) is 1.72. The van der Waals surface area contributed by atoms with E-state index in [-0.39, 0.29) is 32.3 Å². The molecule has 1 rings (SSSR count). The number of hydrogen-bond acceptors (Lipinski definition) is 14. The number of carboxylic acid groups (broad SMARTS) is 4. The molecule has 0 unspecified atom stereocenters. The van der Waals surface area contributed by atoms with Crippen molar-refractivity contribution in [3.05, 3.63) is 0 Å². The Labute approximate surface area is 306 Å². The lowest BCUT2D eigenvalue weighted by atomic mass is 9.98. The molecule has 18 heteroatoms. The Morgan fingerprint density at radius 2 is 0.898 bits per heavy atom. The van der Waals surface area contributed by atoms with Crippen LogP contribution in [0.1, 0.15) is 51.4 Å². The molecular weight excluding hydrogens is 725 g/mol. The number of aliphatic carboxylic acids is 4. The molecule has 1 heterocycles. The zero-order valence-electron chi connectivity index (χ0n) is 28.2. The van der Waals surface area contributed by atoms with Crippen LogP contribution < -0.4 is 0 Å². The lowest BCUT2D eigenvalue weighted by molar-refractivity contribution is -0.318. The molecule has 1 aliphatic rings. The summed E-state index contributed by atoms with van der Waals surface area (Å²) >= 11 is 6.19. The molecule has 14 nitrogen and oxygen atoms in total. The standard InChI is InChI=1S/C31H54O14S4/c1-40-31-30(44-13-5-17-49-21-9-27(38)39)29(43-12-4-16-48-20-8-26(36)37)28(42-11-3-15-47-19-7-25(34)35)23(45-31)22-41-10-2-14-46-18-6-24(32)33/h23,28-31H,2-22H2,1H3,(H,32,33)(H,34,35)(H,36,37)(H,38,39)/t23-,28-,29-,30-,31+/m1/s1. The summed E-state index contributed by atoms with van der Waals surface area (Å²) in [6.45, 7) is 1.77. The van der Waals surface area contributed by atoms with Gasteiger partial charge in [-0.15, -0.1) is 0 Å². The lowest BCUT2D eigenvalue weighted by Crippen LogP contribution is -2.62. The highest BCUT2D eigenvalue weighted by atomic mass is 32.2. The van der Waals surface area contributed by atoms with Gasteiger partial charge in [-0.25, -0.2) is 0 Å². The van der Waals surface area contributed by atoms with Gasteiger partial charge in [0.15, 0.2) is 6.29 Å². The van der Waals surface area contributed by atoms with E-state index in [0.717, 1.165) is 29.4 Å². The molecule has 5 atom stereocenters. The van der Waals surface area contributed by atoms with Crippen LogP contribution in [0.4, 0.5) is 0 Å². The molecule has 0 aromatic carbocycles. The Bertz CT molecular complexity index is 902. The quantitative estimate of drug-likeness (QED) is 0.0684. The molecule has 1 saturated heterocycles. The first-order chi connectivity index (χ1) is 23.6. The fourth-order valence-electron chi connectivity index (χ4n) is 4.42. The maximum Gasteiger partial charge on any atom is 0.304 e. The Morgan fingerprint density at radius 1 is 0.531 bits per heavy atom. The van der Waals surface area contributed by atoms with Crippen LogP contribution in [0.15, 0.2) is 0 Å². The summed E-state index contributed by atoms with van der Waals surface area (Å²) in [6, 6.07) is 0. The van der Waals surface area contributed by atoms with Crippen molar-refractivity contribution in [3.63, 3.8) is 0 Å². The number of carbonyl (C=O) groups is 4. The van der Waals surface area contributed by atoms with Crippen molar-refractivity contribution in [2.75, 3.05) is 86.2 Å². The van der Waals surface area contributed by atoms with Gasteiger partial charge in [0.1, 0.15) is 24.4 Å². The monoisotopic (exact) mass is 778 g/mol. The maximum atomic E-state index is 10.8. The first-order valence-electron chi connectivity index (χ1n) is 16.4. The molecule has 0 aromatic heterocycles. The molecule has 0 bridgehead atoms. The molecule has 1 fully saturated rings. The first kappa shape index (κ1) is 46.1. The van der Waals surface area contributed by atoms with Gasteiger partial charge in [0, 0.05) is 56.5 Å². The normalized spacial score (nSPS) is 20.7. The van der Waals surface area contributed by atoms with E-state index in [0.29, 0.717) is 68.7 Å². The van der Waals surface area contributed by atoms with Gasteiger partial charge in [-0.1, -0.05) is 0 Å². The average Bonchev–Trinajstić information content (AvgIpc) is 3.04. The Balaban J connectivity index is 2.91. The summed E-state index contributed by atoms with van der Waals surface area (Å²) in [5.41, 5.74) is 0. The molecule has 0 saturated carbocycles. The molecule has 0 amide bonds. The fourth-order valence-corrected chi connectivity index (χ4v) is 7.80. The predicted octanol–water partition coefficient (Wildman–Crippen LogP) is 3.92. The van der Waals surface area contributed by atoms with Crippen molar-refractivity contribution in [1.82, 2.24) is 0 Å². The molecule has 1 aliphatic heterocycles. The van der Waals surface area contributed by atoms with Crippen LogP contribution in [0.5, 0.6) is 0 Å². The van der Waals surface area contributed by atoms with Crippen LogP contribution in [0.2, 0.25) is 0 Å². The highest BCUT2D eigenvalue weighted by Crippen LogP contribution is 2.30. The number of ether oxygens (including phenoxy) is 6. The second kappa shape index (κ2) is 30.6. The highest BCUT2D eigenvalue weighted by Gasteiger charge is 2.48. The van der Waals surface area contributed by atoms with E-state index < -0.39 is 54.6 Å². The van der Waals surface area contributed by atoms with Crippen molar-refractivity contribution in [3.8, 4) is 0 Å². The summed E-state index contributed by atoms with van der Waals surface area (Å²) in [6.07, 6.45) is 0.0723. The van der Waals surface area contributed by atoms with Gasteiger partial charge in [-0.2, -0.15) is 47.0 Å². The predicted molar refractivity (Wildman–Crippen MR) is 192 cm³/mol. The molecule has 0 aliphatic carbocycles. The Kier molecular flexibility index (Phi) is 28.8. The average molecular weight is 779 g/mol. The van der Waals surface area contributed by atoms with Crippen molar-refractivity contribution in [1.29, 1.82) is 0 Å². The third-order valence-corrected chi connectivity index (χ3v) is 11.0. The molecule has 0 spiro atoms. The number of methoxy groups -OCH3 is 1. The van der Waals surface area contributed by atoms with Gasteiger partial charge in [-0.3, -0.25) is 19.2 Å². The van der Waals surface area contributed by atoms with E-state index in [1.165, 1.54) is 7.11 Å². The highest BCUT2D eigenvalue weighted by molar-refractivity contribution is 7.99. The zero-order valence-corrected chi connectivity index (χ0v) is 31.5. The smallest absolute Gasteiger partial charge is 0.304 e. The summed E-state index contributed by atoms with van der Waals surface area (Å²) in [7, 11) is 1.53. The first-order valence-corrected chi connectivity index (χ1v) is 21.1. The van der Waals surface area contributed by atoms with E-state index in [4.69, 9.17) is 48.8 Å². The number of carboxylic acids is 4. The van der Waals surface area contributed by atoms with Crippen LogP contribution in [-0.4, -0.2) is 161 Å². The van der Waals surface area contributed by atoms with Gasteiger partial charge < -0.3 is 48.8 Å². The Morgan fingerprint density at radius 3 is 1.29 bits per heavy atom. The van der Waals surface area contributed by atoms with Crippen LogP contribution in [0.3, 0.4) is 0 Å². The van der Waals surface area contributed by atoms with E-state index in [2.05, 4.69) is 0 Å². The van der Waals surface area contributed by atoms with Crippen molar-refractivity contribution < 1.29 is 68.0 Å². The molecule has 49 heavy (non-hydrogen) atoms.